The summed E-state index contributed by atoms with van der Waals surface area (Å²) in [7, 11) is -8.90. The molecule has 0 aliphatic carbocycles. The van der Waals surface area contributed by atoms with Crippen molar-refractivity contribution in [3.8, 4) is 0 Å². The van der Waals surface area contributed by atoms with Gasteiger partial charge in [-0.05, 0) is 106 Å². The number of thiol groups is 4. The zero-order valence-electron chi connectivity index (χ0n) is 30.2. The number of rotatable bonds is 33. The van der Waals surface area contributed by atoms with Gasteiger partial charge in [-0.2, -0.15) is 0 Å². The van der Waals surface area contributed by atoms with Gasteiger partial charge in [0, 0.05) is 88.6 Å². The van der Waals surface area contributed by atoms with Crippen LogP contribution in [0.5, 0.6) is 0 Å². The van der Waals surface area contributed by atoms with Crippen molar-refractivity contribution >= 4 is 109 Å². The molecule has 0 aromatic carbocycles. The van der Waals surface area contributed by atoms with Crippen LogP contribution in [0.2, 0.25) is 17.6 Å². The first-order chi connectivity index (χ1) is 22.4. The maximum atomic E-state index is 6.54. The Kier molecular flexibility index (Phi) is 29.5. The van der Waals surface area contributed by atoms with E-state index >= 15 is 0 Å². The van der Waals surface area contributed by atoms with Gasteiger partial charge in [0.1, 0.15) is 0 Å². The van der Waals surface area contributed by atoms with E-state index in [4.69, 9.17) is 86.5 Å². The van der Waals surface area contributed by atoms with Crippen molar-refractivity contribution in [3.05, 3.63) is 0 Å². The molecule has 47 heavy (non-hydrogen) atoms. The summed E-state index contributed by atoms with van der Waals surface area (Å²) < 4.78 is 56.4. The lowest BCUT2D eigenvalue weighted by Crippen LogP contribution is -2.53. The summed E-state index contributed by atoms with van der Waals surface area (Å²) in [5.41, 5.74) is -0.0537. The summed E-state index contributed by atoms with van der Waals surface area (Å²) in [5.74, 6) is 3.15. The van der Waals surface area contributed by atoms with Gasteiger partial charge in [0.05, 0.1) is 0 Å². The zero-order chi connectivity index (χ0) is 35.9. The molecule has 2 unspecified atom stereocenters. The van der Waals surface area contributed by atoms with E-state index in [1.807, 2.05) is 62.3 Å². The molecule has 288 valence electrons. The predicted octanol–water partition coefficient (Wildman–Crippen LogP) is 9.57. The Balaban J connectivity index is 6.40. The minimum absolute atomic E-state index is 0.0537. The van der Waals surface area contributed by atoms with E-state index < -0.39 is 42.6 Å². The van der Waals surface area contributed by atoms with E-state index in [0.29, 0.717) is 59.5 Å². The van der Waals surface area contributed by atoms with Crippen LogP contribution in [0.25, 0.3) is 0 Å². The van der Waals surface area contributed by atoms with Crippen molar-refractivity contribution in [1.29, 1.82) is 0 Å². The fourth-order valence-electron chi connectivity index (χ4n) is 5.30. The fourth-order valence-corrected chi connectivity index (χ4v) is 28.3. The topological polar surface area (TPSA) is 83.1 Å². The highest BCUT2D eigenvalue weighted by Crippen LogP contribution is 2.72. The second kappa shape index (κ2) is 27.6. The number of hydrogen-bond donors (Lipinski definition) is 4. The maximum absolute atomic E-state index is 6.54. The summed E-state index contributed by atoms with van der Waals surface area (Å²) >= 11 is 20.3. The molecule has 0 saturated heterocycles. The average Bonchev–Trinajstić information content (AvgIpc) is 3.02. The van der Waals surface area contributed by atoms with Crippen LogP contribution in [0.3, 0.4) is 0 Å². The second-order valence-corrected chi connectivity index (χ2v) is 36.5. The molecule has 0 aliphatic heterocycles. The molecule has 0 heterocycles. The lowest BCUT2D eigenvalue weighted by Gasteiger charge is -2.45. The smallest absolute Gasteiger partial charge is 0.374 e. The van der Waals surface area contributed by atoms with E-state index in [-0.39, 0.29) is 5.54 Å². The molecule has 0 spiro atoms. The van der Waals surface area contributed by atoms with Crippen LogP contribution in [0.15, 0.2) is 0 Å². The first-order valence-corrected chi connectivity index (χ1v) is 33.3. The predicted molar refractivity (Wildman–Crippen MR) is 230 cm³/mol. The molecule has 0 bridgehead atoms. The molecule has 0 amide bonds. The Morgan fingerprint density at radius 3 is 0.936 bits per heavy atom. The summed E-state index contributed by atoms with van der Waals surface area (Å²) in [4.78, 5) is 0. The summed E-state index contributed by atoms with van der Waals surface area (Å²) in [6.45, 7) is 22.7. The maximum Gasteiger partial charge on any atom is 0.505 e. The van der Waals surface area contributed by atoms with E-state index in [1.165, 1.54) is 19.7 Å². The van der Waals surface area contributed by atoms with Gasteiger partial charge in [-0.25, -0.2) is 0 Å². The van der Waals surface area contributed by atoms with Crippen molar-refractivity contribution in [3.63, 3.8) is 0 Å². The van der Waals surface area contributed by atoms with Crippen molar-refractivity contribution < 1.29 is 39.8 Å². The summed E-state index contributed by atoms with van der Waals surface area (Å²) in [6, 6.07) is 1.45. The monoisotopic (exact) mass is 874 g/mol. The molecule has 2 atom stereocenters. The van der Waals surface area contributed by atoms with Crippen LogP contribution in [0.4, 0.5) is 0 Å². The Morgan fingerprint density at radius 1 is 0.468 bits per heavy atom. The molecule has 0 saturated carbocycles. The van der Waals surface area contributed by atoms with Gasteiger partial charge in [0.15, 0.2) is 0 Å². The molecule has 0 N–H and O–H groups in total. The largest absolute Gasteiger partial charge is 0.505 e. The quantitative estimate of drug-likeness (QED) is 0.0289. The third-order valence-corrected chi connectivity index (χ3v) is 35.5. The molecule has 0 aliphatic rings. The van der Waals surface area contributed by atoms with Gasteiger partial charge in [-0.3, -0.25) is 0 Å². The lowest BCUT2D eigenvalue weighted by molar-refractivity contribution is 0.0647. The first-order valence-electron chi connectivity index (χ1n) is 16.8. The highest BCUT2D eigenvalue weighted by atomic mass is 33.7. The highest BCUT2D eigenvalue weighted by molar-refractivity contribution is 9.34. The van der Waals surface area contributed by atoms with Crippen molar-refractivity contribution in [2.45, 2.75) is 92.8 Å². The molecule has 0 radical (unpaired) electrons. The summed E-state index contributed by atoms with van der Waals surface area (Å²) in [5, 5.41) is 0. The van der Waals surface area contributed by atoms with Gasteiger partial charge in [0.25, 0.3) is 0 Å². The van der Waals surface area contributed by atoms with Gasteiger partial charge < -0.3 is 39.8 Å². The second-order valence-electron chi connectivity index (χ2n) is 10.2. The average molecular weight is 876 g/mol. The standard InChI is InChI=1S/C27H66O9S8Si3/c1-10-28-45(29-11-2,30-12-3)23-19-21-43(39,41-37)25-27(47(34-16-7,35-17-8)36-18-9)26-44(40,42-38)22-20-24-46(31-13-4,32-14-5)33-15-6/h27,37-40H,10-26H2,1-9H3. The van der Waals surface area contributed by atoms with Crippen LogP contribution >= 0.6 is 82.5 Å². The first kappa shape index (κ1) is 50.1. The minimum atomic E-state index is -3.19. The highest BCUT2D eigenvalue weighted by Gasteiger charge is 2.53. The molecule has 20 heteroatoms. The molecule has 0 aromatic heterocycles. The van der Waals surface area contributed by atoms with Gasteiger partial charge in [-0.15, -0.1) is 62.8 Å². The van der Waals surface area contributed by atoms with E-state index in [9.17, 15) is 0 Å². The van der Waals surface area contributed by atoms with Crippen molar-refractivity contribution in [2.75, 3.05) is 82.5 Å². The van der Waals surface area contributed by atoms with E-state index in [2.05, 4.69) is 0 Å². The molecular formula is C27H66O9S8Si3. The lowest BCUT2D eigenvalue weighted by atomic mass is 10.5. The molecule has 9 nitrogen and oxygen atoms in total. The molecule has 0 rings (SSSR count). The van der Waals surface area contributed by atoms with Gasteiger partial charge >= 0.3 is 26.4 Å². The summed E-state index contributed by atoms with van der Waals surface area (Å²) in [6.07, 6.45) is 1.69. The number of hydrogen-bond acceptors (Lipinski definition) is 15. The third-order valence-electron chi connectivity index (χ3n) is 6.82. The fraction of sp³-hybridized carbons (Fsp3) is 1.00. The Labute approximate surface area is 321 Å². The normalized spacial score (nSPS) is 17.6. The van der Waals surface area contributed by atoms with Crippen molar-refractivity contribution in [2.24, 2.45) is 0 Å². The molecular weight excluding hydrogens is 809 g/mol. The SMILES string of the molecule is CCO[Si](CCCS(S)(CC(CS(S)(CCC[Si](OCC)(OCC)OCC)SS)[Si](OCC)(OCC)OCC)SS)(OCC)OCC. The molecule has 0 fully saturated rings. The Morgan fingerprint density at radius 2 is 0.723 bits per heavy atom. The van der Waals surface area contributed by atoms with Crippen LogP contribution < -0.4 is 0 Å². The van der Waals surface area contributed by atoms with Crippen LogP contribution in [-0.2, 0) is 39.8 Å². The van der Waals surface area contributed by atoms with E-state index in [0.717, 1.165) is 47.9 Å². The zero-order valence-corrected chi connectivity index (χ0v) is 40.0. The van der Waals surface area contributed by atoms with Gasteiger partial charge in [0.2, 0.25) is 0 Å². The third kappa shape index (κ3) is 18.3. The minimum Gasteiger partial charge on any atom is -0.374 e. The van der Waals surface area contributed by atoms with Crippen LogP contribution in [0, 0.1) is 0 Å². The van der Waals surface area contributed by atoms with Crippen LogP contribution in [-0.4, -0.2) is 109 Å². The van der Waals surface area contributed by atoms with Crippen molar-refractivity contribution in [1.82, 2.24) is 0 Å². The Hall–Kier alpha value is 3.09. The van der Waals surface area contributed by atoms with Gasteiger partial charge in [-0.1, -0.05) is 0 Å². The Bertz CT molecular complexity index is 694. The van der Waals surface area contributed by atoms with E-state index in [1.54, 1.807) is 0 Å². The van der Waals surface area contributed by atoms with Crippen LogP contribution in [0.1, 0.15) is 75.2 Å². The molecule has 0 aromatic rings.